The zero-order chi connectivity index (χ0) is 19.6. The van der Waals surface area contributed by atoms with Crippen molar-refractivity contribution in [3.05, 3.63) is 11.6 Å². The van der Waals surface area contributed by atoms with E-state index in [1.807, 2.05) is 18.5 Å². The Hall–Kier alpha value is -2.16. The van der Waals surface area contributed by atoms with Gasteiger partial charge in [0, 0.05) is 51.7 Å². The van der Waals surface area contributed by atoms with Crippen LogP contribution in [0.1, 0.15) is 43.8 Å². The first-order valence-corrected chi connectivity index (χ1v) is 10.3. The Bertz CT molecular complexity index is 741. The molecule has 4 heterocycles. The fourth-order valence-electron chi connectivity index (χ4n) is 4.44. The maximum Gasteiger partial charge on any atom is 0.220 e. The first-order chi connectivity index (χ1) is 13.5. The summed E-state index contributed by atoms with van der Waals surface area (Å²) >= 11 is 0. The molecule has 2 unspecified atom stereocenters. The monoisotopic (exact) mass is 389 g/mol. The number of piperidine rings is 1. The molecule has 1 aromatic heterocycles. The summed E-state index contributed by atoms with van der Waals surface area (Å²) < 4.78 is 7.74. The van der Waals surface area contributed by atoms with Gasteiger partial charge < -0.3 is 24.8 Å². The van der Waals surface area contributed by atoms with E-state index in [4.69, 9.17) is 9.73 Å². The molecule has 4 rings (SSSR count). The van der Waals surface area contributed by atoms with Gasteiger partial charge in [-0.1, -0.05) is 0 Å². The summed E-state index contributed by atoms with van der Waals surface area (Å²) in [6, 6.07) is 0. The van der Waals surface area contributed by atoms with Crippen LogP contribution in [-0.2, 0) is 23.1 Å². The van der Waals surface area contributed by atoms with Crippen molar-refractivity contribution >= 4 is 11.9 Å². The van der Waals surface area contributed by atoms with E-state index in [0.29, 0.717) is 13.0 Å². The highest BCUT2D eigenvalue weighted by Crippen LogP contribution is 2.36. The Kier molecular flexibility index (Phi) is 5.52. The van der Waals surface area contributed by atoms with E-state index in [9.17, 15) is 4.79 Å². The quantitative estimate of drug-likeness (QED) is 0.570. The largest absolute Gasteiger partial charge is 0.376 e. The number of amides is 1. The third-order valence-corrected chi connectivity index (χ3v) is 6.22. The van der Waals surface area contributed by atoms with Gasteiger partial charge in [-0.15, -0.1) is 10.2 Å². The van der Waals surface area contributed by atoms with Gasteiger partial charge in [-0.3, -0.25) is 4.79 Å². The molecule has 0 bridgehead atoms. The number of rotatable bonds is 4. The van der Waals surface area contributed by atoms with Gasteiger partial charge in [-0.25, -0.2) is 4.99 Å². The summed E-state index contributed by atoms with van der Waals surface area (Å²) in [5, 5.41) is 14.9. The van der Waals surface area contributed by atoms with Crippen molar-refractivity contribution in [1.82, 2.24) is 30.3 Å². The lowest BCUT2D eigenvalue weighted by molar-refractivity contribution is -0.119. The topological polar surface area (TPSA) is 96.7 Å². The fraction of sp³-hybridized carbons (Fsp3) is 0.789. The highest BCUT2D eigenvalue weighted by atomic mass is 16.5. The van der Waals surface area contributed by atoms with Gasteiger partial charge in [-0.2, -0.15) is 0 Å². The summed E-state index contributed by atoms with van der Waals surface area (Å²) in [6.45, 7) is 6.59. The molecule has 28 heavy (non-hydrogen) atoms. The van der Waals surface area contributed by atoms with Crippen molar-refractivity contribution < 1.29 is 9.53 Å². The number of carbonyl (C=O) groups is 1. The zero-order valence-corrected chi connectivity index (χ0v) is 16.9. The van der Waals surface area contributed by atoms with Crippen molar-refractivity contribution in [3.8, 4) is 0 Å². The average Bonchev–Trinajstić information content (AvgIpc) is 3.40. The Labute approximate surface area is 165 Å². The molecule has 3 aliphatic heterocycles. The van der Waals surface area contributed by atoms with Crippen LogP contribution in [0.2, 0.25) is 0 Å². The van der Waals surface area contributed by atoms with Crippen LogP contribution < -0.4 is 10.6 Å². The number of aliphatic imine (C=N–C) groups is 1. The number of aryl methyl sites for hydroxylation is 1. The second kappa shape index (κ2) is 8.06. The molecule has 3 aliphatic rings. The smallest absolute Gasteiger partial charge is 0.220 e. The molecule has 3 fully saturated rings. The third kappa shape index (κ3) is 4.14. The molecule has 154 valence electrons. The third-order valence-electron chi connectivity index (χ3n) is 6.22. The first kappa shape index (κ1) is 19.2. The van der Waals surface area contributed by atoms with Crippen LogP contribution in [-0.4, -0.2) is 70.4 Å². The molecule has 9 heteroatoms. The number of carbonyl (C=O) groups excluding carboxylic acids is 1. The standard InChI is InChI=1S/C19H31N7O2/c1-14-23-24-16(25(14)2)11-21-18(20-10-15-5-3-8-28-15)26-7-4-6-19(13-26)9-17(27)22-12-19/h15H,3-13H2,1-2H3,(H,20,21)(H,22,27). The van der Waals surface area contributed by atoms with E-state index in [2.05, 4.69) is 25.7 Å². The minimum absolute atomic E-state index is 0.0308. The van der Waals surface area contributed by atoms with E-state index in [1.165, 1.54) is 0 Å². The van der Waals surface area contributed by atoms with Crippen LogP contribution >= 0.6 is 0 Å². The Balaban J connectivity index is 1.48. The van der Waals surface area contributed by atoms with Crippen LogP contribution in [0.15, 0.2) is 4.99 Å². The number of nitrogens with one attached hydrogen (secondary N) is 2. The number of hydrogen-bond donors (Lipinski definition) is 2. The van der Waals surface area contributed by atoms with Crippen molar-refractivity contribution in [2.75, 3.05) is 32.8 Å². The number of aromatic nitrogens is 3. The summed E-state index contributed by atoms with van der Waals surface area (Å²) in [4.78, 5) is 19.0. The molecular formula is C19H31N7O2. The van der Waals surface area contributed by atoms with Crippen LogP contribution in [0.4, 0.5) is 0 Å². The fourth-order valence-corrected chi connectivity index (χ4v) is 4.44. The molecule has 1 amide bonds. The number of ether oxygens (including phenoxy) is 1. The predicted molar refractivity (Wildman–Crippen MR) is 105 cm³/mol. The number of hydrogen-bond acceptors (Lipinski definition) is 5. The Morgan fingerprint density at radius 2 is 2.32 bits per heavy atom. The molecule has 0 aliphatic carbocycles. The zero-order valence-electron chi connectivity index (χ0n) is 16.9. The lowest BCUT2D eigenvalue weighted by Crippen LogP contribution is -2.52. The molecule has 2 atom stereocenters. The molecule has 1 spiro atoms. The molecule has 9 nitrogen and oxygen atoms in total. The van der Waals surface area contributed by atoms with Gasteiger partial charge in [0.1, 0.15) is 12.4 Å². The molecule has 1 aromatic rings. The Morgan fingerprint density at radius 1 is 1.43 bits per heavy atom. The molecular weight excluding hydrogens is 358 g/mol. The predicted octanol–water partition coefficient (Wildman–Crippen LogP) is 0.350. The van der Waals surface area contributed by atoms with Crippen LogP contribution in [0.3, 0.4) is 0 Å². The second-order valence-electron chi connectivity index (χ2n) is 8.36. The van der Waals surface area contributed by atoms with Crippen molar-refractivity contribution in [2.45, 2.75) is 51.7 Å². The van der Waals surface area contributed by atoms with Crippen molar-refractivity contribution in [2.24, 2.45) is 17.5 Å². The SMILES string of the molecule is Cc1nnc(CN=C(NCC2CCCO2)N2CCCC3(CNC(=O)C3)C2)n1C. The van der Waals surface area contributed by atoms with Crippen LogP contribution in [0.25, 0.3) is 0 Å². The van der Waals surface area contributed by atoms with Crippen molar-refractivity contribution in [1.29, 1.82) is 0 Å². The van der Waals surface area contributed by atoms with E-state index in [-0.39, 0.29) is 17.4 Å². The highest BCUT2D eigenvalue weighted by Gasteiger charge is 2.42. The summed E-state index contributed by atoms with van der Waals surface area (Å²) in [5.41, 5.74) is 0.0308. The van der Waals surface area contributed by atoms with E-state index in [1.54, 1.807) is 0 Å². The lowest BCUT2D eigenvalue weighted by atomic mass is 9.79. The average molecular weight is 390 g/mol. The molecule has 2 N–H and O–H groups in total. The normalized spacial score (nSPS) is 28.2. The van der Waals surface area contributed by atoms with E-state index in [0.717, 1.165) is 76.1 Å². The summed E-state index contributed by atoms with van der Waals surface area (Å²) in [6.07, 6.45) is 5.23. The second-order valence-corrected chi connectivity index (χ2v) is 8.36. The molecule has 0 aromatic carbocycles. The van der Waals surface area contributed by atoms with Gasteiger partial charge in [0.15, 0.2) is 11.8 Å². The lowest BCUT2D eigenvalue weighted by Gasteiger charge is -2.41. The number of nitrogens with zero attached hydrogens (tertiary/aromatic N) is 5. The van der Waals surface area contributed by atoms with Gasteiger partial charge >= 0.3 is 0 Å². The first-order valence-electron chi connectivity index (χ1n) is 10.3. The summed E-state index contributed by atoms with van der Waals surface area (Å²) in [7, 11) is 1.96. The van der Waals surface area contributed by atoms with E-state index < -0.39 is 0 Å². The highest BCUT2D eigenvalue weighted by molar-refractivity contribution is 5.81. The van der Waals surface area contributed by atoms with Gasteiger partial charge in [0.25, 0.3) is 0 Å². The number of likely N-dealkylation sites (tertiary alicyclic amines) is 1. The van der Waals surface area contributed by atoms with Crippen LogP contribution in [0, 0.1) is 12.3 Å². The maximum atomic E-state index is 11.8. The van der Waals surface area contributed by atoms with Gasteiger partial charge in [-0.05, 0) is 32.6 Å². The Morgan fingerprint density at radius 3 is 3.00 bits per heavy atom. The van der Waals surface area contributed by atoms with Crippen molar-refractivity contribution in [3.63, 3.8) is 0 Å². The molecule has 0 radical (unpaired) electrons. The van der Waals surface area contributed by atoms with Gasteiger partial charge in [0.05, 0.1) is 6.10 Å². The maximum absolute atomic E-state index is 11.8. The number of guanidine groups is 1. The van der Waals surface area contributed by atoms with Gasteiger partial charge in [0.2, 0.25) is 5.91 Å². The van der Waals surface area contributed by atoms with E-state index >= 15 is 0 Å². The molecule has 0 saturated carbocycles. The molecule has 3 saturated heterocycles. The minimum atomic E-state index is 0.0308. The minimum Gasteiger partial charge on any atom is -0.376 e. The summed E-state index contributed by atoms with van der Waals surface area (Å²) in [5.74, 6) is 2.78. The van der Waals surface area contributed by atoms with Crippen LogP contribution in [0.5, 0.6) is 0 Å².